The van der Waals surface area contributed by atoms with Crippen LogP contribution in [0.15, 0.2) is 24.8 Å². The van der Waals surface area contributed by atoms with Gasteiger partial charge in [-0.1, -0.05) is 33.6 Å². The van der Waals surface area contributed by atoms with Crippen LogP contribution in [-0.2, 0) is 0 Å². The first kappa shape index (κ1) is 14.0. The number of aromatic nitrogens is 3. The van der Waals surface area contributed by atoms with Crippen molar-refractivity contribution in [1.29, 1.82) is 0 Å². The van der Waals surface area contributed by atoms with Crippen molar-refractivity contribution in [1.82, 2.24) is 19.9 Å². The van der Waals surface area contributed by atoms with Gasteiger partial charge in [-0.2, -0.15) is 5.10 Å². The van der Waals surface area contributed by atoms with Crippen molar-refractivity contribution in [2.45, 2.75) is 46.1 Å². The number of nitrogens with one attached hydrogen (secondary N) is 1. The number of rotatable bonds is 7. The summed E-state index contributed by atoms with van der Waals surface area (Å²) in [4.78, 5) is 4.21. The molecule has 1 atom stereocenters. The third kappa shape index (κ3) is 3.53. The maximum atomic E-state index is 4.40. The molecule has 0 saturated heterocycles. The van der Waals surface area contributed by atoms with Gasteiger partial charge in [-0.15, -0.1) is 0 Å². The topological polar surface area (TPSA) is 42.2 Å². The lowest BCUT2D eigenvalue weighted by molar-refractivity contribution is 0.457. The predicted molar refractivity (Wildman–Crippen MR) is 78.1 cm³/mol. The van der Waals surface area contributed by atoms with Gasteiger partial charge < -0.3 is 5.32 Å². The minimum atomic E-state index is 0.380. The van der Waals surface area contributed by atoms with Crippen LogP contribution in [0.2, 0.25) is 0 Å². The van der Waals surface area contributed by atoms with Gasteiger partial charge in [0.05, 0.1) is 17.9 Å². The second-order valence-corrected chi connectivity index (χ2v) is 5.44. The van der Waals surface area contributed by atoms with E-state index in [-0.39, 0.29) is 0 Å². The second kappa shape index (κ2) is 6.66. The van der Waals surface area contributed by atoms with E-state index in [0.29, 0.717) is 6.04 Å². The highest BCUT2D eigenvalue weighted by atomic mass is 15.2. The van der Waals surface area contributed by atoms with E-state index in [4.69, 9.17) is 0 Å². The van der Waals surface area contributed by atoms with Crippen molar-refractivity contribution in [2.75, 3.05) is 6.54 Å². The molecular weight excluding hydrogens is 236 g/mol. The summed E-state index contributed by atoms with van der Waals surface area (Å²) in [6.45, 7) is 7.69. The summed E-state index contributed by atoms with van der Waals surface area (Å²) in [7, 11) is 0. The van der Waals surface area contributed by atoms with E-state index < -0.39 is 0 Å². The molecule has 0 spiro atoms. The van der Waals surface area contributed by atoms with Gasteiger partial charge in [-0.25, -0.2) is 4.52 Å². The van der Waals surface area contributed by atoms with Crippen molar-refractivity contribution in [3.63, 3.8) is 0 Å². The summed E-state index contributed by atoms with van der Waals surface area (Å²) in [6, 6.07) is 0.380. The lowest BCUT2D eigenvalue weighted by atomic mass is 9.99. The van der Waals surface area contributed by atoms with E-state index in [0.717, 1.165) is 24.4 Å². The highest BCUT2D eigenvalue weighted by molar-refractivity contribution is 5.53. The van der Waals surface area contributed by atoms with E-state index in [2.05, 4.69) is 36.2 Å². The highest BCUT2D eigenvalue weighted by Crippen LogP contribution is 2.24. The molecule has 2 rings (SSSR count). The van der Waals surface area contributed by atoms with Gasteiger partial charge in [0.1, 0.15) is 0 Å². The smallest absolute Gasteiger partial charge is 0.0892 e. The van der Waals surface area contributed by atoms with Crippen LogP contribution >= 0.6 is 0 Å². The maximum Gasteiger partial charge on any atom is 0.0892 e. The number of nitrogens with zero attached hydrogens (tertiary/aromatic N) is 3. The minimum Gasteiger partial charge on any atom is -0.310 e. The van der Waals surface area contributed by atoms with Crippen LogP contribution in [0.4, 0.5) is 0 Å². The Balaban J connectivity index is 2.13. The number of hydrogen-bond donors (Lipinski definition) is 1. The fourth-order valence-electron chi connectivity index (χ4n) is 2.47. The van der Waals surface area contributed by atoms with Crippen molar-refractivity contribution < 1.29 is 0 Å². The largest absolute Gasteiger partial charge is 0.310 e. The van der Waals surface area contributed by atoms with E-state index >= 15 is 0 Å². The molecule has 0 radical (unpaired) electrons. The molecule has 0 bridgehead atoms. The van der Waals surface area contributed by atoms with Crippen LogP contribution < -0.4 is 5.32 Å². The normalized spacial score (nSPS) is 13.3. The maximum absolute atomic E-state index is 4.40. The molecule has 19 heavy (non-hydrogen) atoms. The average molecular weight is 260 g/mol. The Morgan fingerprint density at radius 3 is 2.84 bits per heavy atom. The first-order chi connectivity index (χ1) is 9.22. The molecule has 0 aliphatic carbocycles. The van der Waals surface area contributed by atoms with Crippen molar-refractivity contribution in [3.05, 3.63) is 30.4 Å². The Labute approximate surface area is 115 Å². The van der Waals surface area contributed by atoms with E-state index in [1.54, 1.807) is 6.20 Å². The predicted octanol–water partition coefficient (Wildman–Crippen LogP) is 3.21. The van der Waals surface area contributed by atoms with Gasteiger partial charge in [0.2, 0.25) is 0 Å². The van der Waals surface area contributed by atoms with E-state index in [9.17, 15) is 0 Å². The number of fused-ring (bicyclic) bond motifs is 1. The Kier molecular flexibility index (Phi) is 4.91. The van der Waals surface area contributed by atoms with Crippen molar-refractivity contribution >= 4 is 5.52 Å². The van der Waals surface area contributed by atoms with Crippen LogP contribution in [0, 0.1) is 5.92 Å². The van der Waals surface area contributed by atoms with Gasteiger partial charge in [0.25, 0.3) is 0 Å². The third-order valence-corrected chi connectivity index (χ3v) is 3.45. The molecule has 2 aromatic rings. The van der Waals surface area contributed by atoms with Crippen molar-refractivity contribution in [3.8, 4) is 0 Å². The van der Waals surface area contributed by atoms with Crippen molar-refractivity contribution in [2.24, 2.45) is 5.92 Å². The van der Waals surface area contributed by atoms with Gasteiger partial charge >= 0.3 is 0 Å². The Morgan fingerprint density at radius 2 is 2.11 bits per heavy atom. The second-order valence-electron chi connectivity index (χ2n) is 5.44. The summed E-state index contributed by atoms with van der Waals surface area (Å²) >= 11 is 0. The molecule has 0 fully saturated rings. The van der Waals surface area contributed by atoms with Crippen LogP contribution in [-0.4, -0.2) is 21.1 Å². The molecular formula is C15H24N4. The Bertz CT molecular complexity index is 504. The van der Waals surface area contributed by atoms with Gasteiger partial charge in [-0.05, 0) is 18.9 Å². The first-order valence-corrected chi connectivity index (χ1v) is 7.23. The molecule has 4 heteroatoms. The molecule has 0 aromatic carbocycles. The average Bonchev–Trinajstić information content (AvgIpc) is 2.81. The standard InChI is InChI=1S/C15H24N4/c1-4-17-14(7-5-6-12(2)3)13-10-18-19-9-8-16-11-15(13)19/h8-12,14,17H,4-7H2,1-3H3. The van der Waals surface area contributed by atoms with Crippen LogP contribution in [0.25, 0.3) is 5.52 Å². The van der Waals surface area contributed by atoms with Crippen LogP contribution in [0.5, 0.6) is 0 Å². The molecule has 1 unspecified atom stereocenters. The van der Waals surface area contributed by atoms with Crippen LogP contribution in [0.1, 0.15) is 51.6 Å². The zero-order valence-corrected chi connectivity index (χ0v) is 12.1. The van der Waals surface area contributed by atoms with E-state index in [1.807, 2.05) is 23.1 Å². The monoisotopic (exact) mass is 260 g/mol. The number of hydrogen-bond acceptors (Lipinski definition) is 3. The lowest BCUT2D eigenvalue weighted by Gasteiger charge is -2.17. The minimum absolute atomic E-state index is 0.380. The molecule has 104 valence electrons. The Hall–Kier alpha value is -1.42. The molecule has 1 N–H and O–H groups in total. The quantitative estimate of drug-likeness (QED) is 0.831. The van der Waals surface area contributed by atoms with Crippen LogP contribution in [0.3, 0.4) is 0 Å². The fourth-order valence-corrected chi connectivity index (χ4v) is 2.47. The Morgan fingerprint density at radius 1 is 1.26 bits per heavy atom. The first-order valence-electron chi connectivity index (χ1n) is 7.23. The summed E-state index contributed by atoms with van der Waals surface area (Å²) in [5.41, 5.74) is 2.37. The molecule has 2 heterocycles. The molecule has 0 aliphatic rings. The molecule has 4 nitrogen and oxygen atoms in total. The summed E-state index contributed by atoms with van der Waals surface area (Å²) in [5, 5.41) is 7.97. The third-order valence-electron chi connectivity index (χ3n) is 3.45. The molecule has 0 saturated carbocycles. The van der Waals surface area contributed by atoms with Gasteiger partial charge in [0, 0.05) is 24.0 Å². The van der Waals surface area contributed by atoms with Gasteiger partial charge in [0.15, 0.2) is 0 Å². The summed E-state index contributed by atoms with van der Waals surface area (Å²) < 4.78 is 1.90. The zero-order valence-electron chi connectivity index (χ0n) is 12.1. The zero-order chi connectivity index (χ0) is 13.7. The SMILES string of the molecule is CCNC(CCCC(C)C)c1cnn2ccncc12. The molecule has 2 aromatic heterocycles. The summed E-state index contributed by atoms with van der Waals surface area (Å²) in [5.74, 6) is 0.771. The molecule has 0 aliphatic heterocycles. The fraction of sp³-hybridized carbons (Fsp3) is 0.600. The van der Waals surface area contributed by atoms with E-state index in [1.165, 1.54) is 18.4 Å². The van der Waals surface area contributed by atoms with Gasteiger partial charge in [-0.3, -0.25) is 4.98 Å². The highest BCUT2D eigenvalue weighted by Gasteiger charge is 2.15. The molecule has 0 amide bonds. The lowest BCUT2D eigenvalue weighted by Crippen LogP contribution is -2.20. The summed E-state index contributed by atoms with van der Waals surface area (Å²) in [6.07, 6.45) is 11.2.